The number of halogens is 2. The molecule has 16 heavy (non-hydrogen) atoms. The van der Waals surface area contributed by atoms with E-state index in [2.05, 4.69) is 9.72 Å². The smallest absolute Gasteiger partial charge is 0.360 e. The first-order chi connectivity index (χ1) is 7.61. The minimum Gasteiger partial charge on any atom is -0.494 e. The van der Waals surface area contributed by atoms with Gasteiger partial charge in [0.2, 0.25) is 0 Å². The van der Waals surface area contributed by atoms with E-state index in [1.54, 1.807) is 6.92 Å². The number of rotatable bonds is 4. The molecule has 88 valence electrons. The summed E-state index contributed by atoms with van der Waals surface area (Å²) >= 11 is 0. The predicted octanol–water partition coefficient (Wildman–Crippen LogP) is 2.20. The first-order valence-electron chi connectivity index (χ1n) is 4.60. The summed E-state index contributed by atoms with van der Waals surface area (Å²) < 4.78 is 34.6. The van der Waals surface area contributed by atoms with Crippen LogP contribution in [0.5, 0.6) is 5.75 Å². The lowest BCUT2D eigenvalue weighted by Gasteiger charge is -2.10. The minimum absolute atomic E-state index is 0.141. The molecule has 4 nitrogen and oxygen atoms in total. The number of alkyl halides is 2. The maximum Gasteiger partial charge on any atom is 0.360 e. The first-order valence-corrected chi connectivity index (χ1v) is 4.60. The van der Waals surface area contributed by atoms with Gasteiger partial charge in [-0.2, -0.15) is 0 Å². The van der Waals surface area contributed by atoms with Crippen molar-refractivity contribution in [3.63, 3.8) is 0 Å². The number of esters is 1. The Morgan fingerprint density at radius 3 is 2.75 bits per heavy atom. The van der Waals surface area contributed by atoms with E-state index in [-0.39, 0.29) is 23.6 Å². The molecule has 0 spiro atoms. The zero-order valence-electron chi connectivity index (χ0n) is 8.87. The van der Waals surface area contributed by atoms with Crippen LogP contribution in [0.25, 0.3) is 0 Å². The summed E-state index contributed by atoms with van der Waals surface area (Å²) in [7, 11) is 1.20. The second kappa shape index (κ2) is 5.39. The van der Waals surface area contributed by atoms with E-state index in [0.29, 0.717) is 0 Å². The summed E-state index contributed by atoms with van der Waals surface area (Å²) in [5.74, 6) is -1.02. The fourth-order valence-electron chi connectivity index (χ4n) is 1.19. The summed E-state index contributed by atoms with van der Waals surface area (Å²) in [4.78, 5) is 15.1. The van der Waals surface area contributed by atoms with E-state index in [1.807, 2.05) is 0 Å². The number of hydrogen-bond acceptors (Lipinski definition) is 4. The van der Waals surface area contributed by atoms with Crippen LogP contribution in [0.1, 0.15) is 29.4 Å². The van der Waals surface area contributed by atoms with Gasteiger partial charge in [-0.15, -0.1) is 0 Å². The fourth-order valence-corrected chi connectivity index (χ4v) is 1.19. The molecule has 0 bridgehead atoms. The number of hydrogen-bond donors (Lipinski definition) is 0. The summed E-state index contributed by atoms with van der Waals surface area (Å²) in [5.41, 5.74) is -0.609. The van der Waals surface area contributed by atoms with Gasteiger partial charge < -0.3 is 9.47 Å². The Morgan fingerprint density at radius 2 is 2.25 bits per heavy atom. The van der Waals surface area contributed by atoms with Crippen LogP contribution in [0.15, 0.2) is 12.3 Å². The second-order valence-corrected chi connectivity index (χ2v) is 2.80. The van der Waals surface area contributed by atoms with Gasteiger partial charge in [0.15, 0.2) is 11.4 Å². The molecule has 1 rings (SSSR count). The highest BCUT2D eigenvalue weighted by molar-refractivity contribution is 5.90. The van der Waals surface area contributed by atoms with Gasteiger partial charge in [-0.1, -0.05) is 0 Å². The van der Waals surface area contributed by atoms with Crippen molar-refractivity contribution in [3.8, 4) is 5.75 Å². The Balaban J connectivity index is 3.18. The molecule has 0 aliphatic carbocycles. The monoisotopic (exact) mass is 231 g/mol. The number of pyridine rings is 1. The van der Waals surface area contributed by atoms with Crippen LogP contribution in [0.3, 0.4) is 0 Å². The molecule has 0 radical (unpaired) electrons. The highest BCUT2D eigenvalue weighted by Gasteiger charge is 2.22. The Morgan fingerprint density at radius 1 is 1.56 bits per heavy atom. The van der Waals surface area contributed by atoms with Crippen molar-refractivity contribution in [2.45, 2.75) is 13.3 Å². The average Bonchev–Trinajstić information content (AvgIpc) is 2.28. The lowest BCUT2D eigenvalue weighted by Crippen LogP contribution is -2.10. The molecule has 1 aromatic heterocycles. The zero-order chi connectivity index (χ0) is 12.1. The quantitative estimate of drug-likeness (QED) is 0.745. The minimum atomic E-state index is -2.73. The molecule has 0 unspecified atom stereocenters. The normalized spacial score (nSPS) is 10.3. The van der Waals surface area contributed by atoms with Crippen LogP contribution in [-0.2, 0) is 4.74 Å². The summed E-state index contributed by atoms with van der Waals surface area (Å²) in [6, 6.07) is 1.10. The lowest BCUT2D eigenvalue weighted by molar-refractivity contribution is 0.0514. The molecular weight excluding hydrogens is 220 g/mol. The summed E-state index contributed by atoms with van der Waals surface area (Å²) in [5, 5.41) is 0. The SMILES string of the molecule is CCOC(=O)c1nccc(C(F)F)c1OC. The highest BCUT2D eigenvalue weighted by Crippen LogP contribution is 2.30. The Hall–Kier alpha value is -1.72. The van der Waals surface area contributed by atoms with Crippen LogP contribution < -0.4 is 4.74 Å². The third-order valence-electron chi connectivity index (χ3n) is 1.84. The summed E-state index contributed by atoms with van der Waals surface area (Å²) in [6.45, 7) is 1.75. The molecule has 0 amide bonds. The van der Waals surface area contributed by atoms with Gasteiger partial charge >= 0.3 is 5.97 Å². The van der Waals surface area contributed by atoms with E-state index in [0.717, 1.165) is 12.3 Å². The maximum absolute atomic E-state index is 12.6. The highest BCUT2D eigenvalue weighted by atomic mass is 19.3. The van der Waals surface area contributed by atoms with Crippen LogP contribution in [-0.4, -0.2) is 24.7 Å². The molecule has 0 aromatic carbocycles. The third-order valence-corrected chi connectivity index (χ3v) is 1.84. The van der Waals surface area contributed by atoms with Crippen molar-refractivity contribution < 1.29 is 23.0 Å². The Bertz CT molecular complexity index is 382. The lowest BCUT2D eigenvalue weighted by atomic mass is 10.2. The molecule has 1 heterocycles. The van der Waals surface area contributed by atoms with Crippen LogP contribution in [0, 0.1) is 0 Å². The molecule has 0 saturated heterocycles. The van der Waals surface area contributed by atoms with E-state index < -0.39 is 12.4 Å². The van der Waals surface area contributed by atoms with Gasteiger partial charge in [0.25, 0.3) is 6.43 Å². The van der Waals surface area contributed by atoms with Gasteiger partial charge in [-0.3, -0.25) is 0 Å². The Kier molecular flexibility index (Phi) is 4.16. The molecule has 0 aliphatic rings. The third kappa shape index (κ3) is 2.44. The van der Waals surface area contributed by atoms with Gasteiger partial charge in [0, 0.05) is 6.20 Å². The molecule has 0 fully saturated rings. The van der Waals surface area contributed by atoms with Crippen molar-refractivity contribution in [2.75, 3.05) is 13.7 Å². The zero-order valence-corrected chi connectivity index (χ0v) is 8.87. The predicted molar refractivity (Wildman–Crippen MR) is 51.7 cm³/mol. The number of carbonyl (C=O) groups is 1. The topological polar surface area (TPSA) is 48.4 Å². The van der Waals surface area contributed by atoms with E-state index >= 15 is 0 Å². The average molecular weight is 231 g/mol. The molecule has 0 N–H and O–H groups in total. The number of ether oxygens (including phenoxy) is 2. The second-order valence-electron chi connectivity index (χ2n) is 2.80. The van der Waals surface area contributed by atoms with E-state index in [4.69, 9.17) is 4.74 Å². The number of carbonyl (C=O) groups excluding carboxylic acids is 1. The molecule has 0 atom stereocenters. The van der Waals surface area contributed by atoms with Crippen molar-refractivity contribution >= 4 is 5.97 Å². The van der Waals surface area contributed by atoms with Crippen LogP contribution in [0.2, 0.25) is 0 Å². The first kappa shape index (κ1) is 12.4. The molecule has 0 saturated carbocycles. The van der Waals surface area contributed by atoms with E-state index in [1.165, 1.54) is 7.11 Å². The number of aromatic nitrogens is 1. The van der Waals surface area contributed by atoms with Gasteiger partial charge in [0.05, 0.1) is 19.3 Å². The van der Waals surface area contributed by atoms with Crippen molar-refractivity contribution in [1.29, 1.82) is 0 Å². The summed E-state index contributed by atoms with van der Waals surface area (Å²) in [6.07, 6.45) is -1.61. The molecular formula is C10H11F2NO3. The largest absolute Gasteiger partial charge is 0.494 e. The fraction of sp³-hybridized carbons (Fsp3) is 0.400. The van der Waals surface area contributed by atoms with Crippen molar-refractivity contribution in [2.24, 2.45) is 0 Å². The van der Waals surface area contributed by atoms with Gasteiger partial charge in [0.1, 0.15) is 0 Å². The maximum atomic E-state index is 12.6. The van der Waals surface area contributed by atoms with Gasteiger partial charge in [-0.25, -0.2) is 18.6 Å². The molecule has 0 aliphatic heterocycles. The van der Waals surface area contributed by atoms with Crippen molar-refractivity contribution in [3.05, 3.63) is 23.5 Å². The number of methoxy groups -OCH3 is 1. The standard InChI is InChI=1S/C10H11F2NO3/c1-3-16-10(14)7-8(15-2)6(9(11)12)4-5-13-7/h4-5,9H,3H2,1-2H3. The van der Waals surface area contributed by atoms with Crippen LogP contribution in [0.4, 0.5) is 8.78 Å². The van der Waals surface area contributed by atoms with E-state index in [9.17, 15) is 13.6 Å². The number of nitrogens with zero attached hydrogens (tertiary/aromatic N) is 1. The molecule has 6 heteroatoms. The molecule has 1 aromatic rings. The van der Waals surface area contributed by atoms with Gasteiger partial charge in [-0.05, 0) is 13.0 Å². The van der Waals surface area contributed by atoms with Crippen molar-refractivity contribution in [1.82, 2.24) is 4.98 Å². The van der Waals surface area contributed by atoms with Crippen LogP contribution >= 0.6 is 0 Å². The Labute approximate surface area is 91.2 Å².